The van der Waals surface area contributed by atoms with Crippen LogP contribution in [0.2, 0.25) is 0 Å². The van der Waals surface area contributed by atoms with Gasteiger partial charge in [0.1, 0.15) is 11.5 Å². The lowest BCUT2D eigenvalue weighted by atomic mass is 10.1. The zero-order valence-electron chi connectivity index (χ0n) is 10.0. The average molecular weight is 262 g/mol. The zero-order valence-corrected chi connectivity index (χ0v) is 10.0. The summed E-state index contributed by atoms with van der Waals surface area (Å²) in [5.41, 5.74) is -0.507. The Morgan fingerprint density at radius 3 is 2.28 bits per heavy atom. The molecular weight excluding hydrogens is 249 g/mol. The molecule has 0 aliphatic heterocycles. The fraction of sp³-hybridized carbons (Fsp3) is 0.417. The van der Waals surface area contributed by atoms with Crippen LogP contribution in [-0.4, -0.2) is 25.2 Å². The molecule has 0 spiro atoms. The van der Waals surface area contributed by atoms with Crippen molar-refractivity contribution in [1.82, 2.24) is 0 Å². The van der Waals surface area contributed by atoms with Crippen molar-refractivity contribution < 1.29 is 27.4 Å². The normalized spacial score (nSPS) is 11.2. The molecule has 1 aromatic carbocycles. The highest BCUT2D eigenvalue weighted by Gasteiger charge is 2.40. The third-order valence-corrected chi connectivity index (χ3v) is 2.07. The zero-order chi connectivity index (χ0) is 13.8. The van der Waals surface area contributed by atoms with Crippen LogP contribution in [0.1, 0.15) is 24.2 Å². The predicted octanol–water partition coefficient (Wildman–Crippen LogP) is 3.23. The third-order valence-electron chi connectivity index (χ3n) is 2.07. The lowest BCUT2D eigenvalue weighted by Crippen LogP contribution is -2.23. The summed E-state index contributed by atoms with van der Waals surface area (Å²) in [6.07, 6.45) is -4.92. The molecule has 0 aromatic heterocycles. The highest BCUT2D eigenvalue weighted by molar-refractivity contribution is 6.02. The minimum absolute atomic E-state index is 0.120. The number of hydrogen-bond acceptors (Lipinski definition) is 3. The molecule has 18 heavy (non-hydrogen) atoms. The van der Waals surface area contributed by atoms with Gasteiger partial charge in [0.05, 0.1) is 18.8 Å². The summed E-state index contributed by atoms with van der Waals surface area (Å²) < 4.78 is 47.3. The first kappa shape index (κ1) is 14.3. The number of benzene rings is 1. The number of ketones is 1. The standard InChI is InChI=1S/C12H13F3O3/c1-3-17-8-5-6-9(10(7-8)18-4-2)11(16)12(13,14)15/h5-7H,3-4H2,1-2H3. The summed E-state index contributed by atoms with van der Waals surface area (Å²) in [5.74, 6) is -1.68. The summed E-state index contributed by atoms with van der Waals surface area (Å²) in [5, 5.41) is 0. The van der Waals surface area contributed by atoms with Gasteiger partial charge in [-0.15, -0.1) is 0 Å². The Morgan fingerprint density at radius 2 is 1.78 bits per heavy atom. The molecule has 0 radical (unpaired) electrons. The van der Waals surface area contributed by atoms with Crippen LogP contribution >= 0.6 is 0 Å². The van der Waals surface area contributed by atoms with Gasteiger partial charge in [0.2, 0.25) is 0 Å². The molecule has 0 saturated heterocycles. The summed E-state index contributed by atoms with van der Waals surface area (Å²) in [6, 6.07) is 3.66. The fourth-order valence-electron chi connectivity index (χ4n) is 1.37. The number of Topliss-reactive ketones (excluding diaryl/α,β-unsaturated/α-hetero) is 1. The number of hydrogen-bond donors (Lipinski definition) is 0. The van der Waals surface area contributed by atoms with Crippen LogP contribution in [0.5, 0.6) is 11.5 Å². The van der Waals surface area contributed by atoms with Gasteiger partial charge in [-0.25, -0.2) is 0 Å². The second kappa shape index (κ2) is 5.75. The number of rotatable bonds is 5. The molecular formula is C12H13F3O3. The van der Waals surface area contributed by atoms with Gasteiger partial charge in [0, 0.05) is 6.07 Å². The maximum absolute atomic E-state index is 12.4. The first-order chi connectivity index (χ1) is 8.40. The van der Waals surface area contributed by atoms with Gasteiger partial charge in [-0.05, 0) is 26.0 Å². The van der Waals surface area contributed by atoms with Gasteiger partial charge in [-0.1, -0.05) is 0 Å². The van der Waals surface area contributed by atoms with Gasteiger partial charge >= 0.3 is 6.18 Å². The largest absolute Gasteiger partial charge is 0.494 e. The molecule has 0 N–H and O–H groups in total. The quantitative estimate of drug-likeness (QED) is 0.764. The monoisotopic (exact) mass is 262 g/mol. The molecule has 0 bridgehead atoms. The van der Waals surface area contributed by atoms with Crippen molar-refractivity contribution in [3.63, 3.8) is 0 Å². The minimum Gasteiger partial charge on any atom is -0.494 e. The topological polar surface area (TPSA) is 35.5 Å². The molecule has 1 aromatic rings. The lowest BCUT2D eigenvalue weighted by Gasteiger charge is -2.13. The first-order valence-electron chi connectivity index (χ1n) is 5.41. The molecule has 0 saturated carbocycles. The van der Waals surface area contributed by atoms with E-state index in [1.165, 1.54) is 12.1 Å². The lowest BCUT2D eigenvalue weighted by molar-refractivity contribution is -0.0886. The Balaban J connectivity index is 3.14. The van der Waals surface area contributed by atoms with E-state index in [1.54, 1.807) is 13.8 Å². The Bertz CT molecular complexity index is 427. The number of carbonyl (C=O) groups is 1. The van der Waals surface area contributed by atoms with Crippen molar-refractivity contribution >= 4 is 5.78 Å². The van der Waals surface area contributed by atoms with Crippen LogP contribution in [0.3, 0.4) is 0 Å². The SMILES string of the molecule is CCOc1ccc(C(=O)C(F)(F)F)c(OCC)c1. The summed E-state index contributed by atoms with van der Waals surface area (Å²) in [4.78, 5) is 11.2. The van der Waals surface area contributed by atoms with Crippen molar-refractivity contribution in [2.24, 2.45) is 0 Å². The van der Waals surface area contributed by atoms with Crippen molar-refractivity contribution in [3.8, 4) is 11.5 Å². The van der Waals surface area contributed by atoms with E-state index in [-0.39, 0.29) is 12.4 Å². The van der Waals surface area contributed by atoms with E-state index in [9.17, 15) is 18.0 Å². The van der Waals surface area contributed by atoms with Crippen molar-refractivity contribution in [2.45, 2.75) is 20.0 Å². The Kier molecular flexibility index (Phi) is 4.58. The third kappa shape index (κ3) is 3.38. The molecule has 0 fully saturated rings. The van der Waals surface area contributed by atoms with Crippen molar-refractivity contribution in [2.75, 3.05) is 13.2 Å². The molecule has 1 rings (SSSR count). The summed E-state index contributed by atoms with van der Waals surface area (Å²) in [6.45, 7) is 3.90. The second-order valence-electron chi connectivity index (χ2n) is 3.35. The first-order valence-corrected chi connectivity index (χ1v) is 5.41. The van der Waals surface area contributed by atoms with E-state index < -0.39 is 17.5 Å². The van der Waals surface area contributed by atoms with Gasteiger partial charge in [0.15, 0.2) is 0 Å². The van der Waals surface area contributed by atoms with Crippen LogP contribution in [-0.2, 0) is 0 Å². The molecule has 3 nitrogen and oxygen atoms in total. The van der Waals surface area contributed by atoms with Crippen molar-refractivity contribution in [1.29, 1.82) is 0 Å². The fourth-order valence-corrected chi connectivity index (χ4v) is 1.37. The predicted molar refractivity (Wildman–Crippen MR) is 59.2 cm³/mol. The highest BCUT2D eigenvalue weighted by atomic mass is 19.4. The Morgan fingerprint density at radius 1 is 1.17 bits per heavy atom. The van der Waals surface area contributed by atoms with Gasteiger partial charge in [-0.3, -0.25) is 4.79 Å². The number of alkyl halides is 3. The van der Waals surface area contributed by atoms with E-state index in [4.69, 9.17) is 9.47 Å². The Hall–Kier alpha value is -1.72. The van der Waals surface area contributed by atoms with Gasteiger partial charge in [-0.2, -0.15) is 13.2 Å². The van der Waals surface area contributed by atoms with Crippen LogP contribution < -0.4 is 9.47 Å². The summed E-state index contributed by atoms with van der Waals surface area (Å²) >= 11 is 0. The van der Waals surface area contributed by atoms with Crippen LogP contribution in [0.25, 0.3) is 0 Å². The number of ether oxygens (including phenoxy) is 2. The number of carbonyl (C=O) groups excluding carboxylic acids is 1. The molecule has 0 unspecified atom stereocenters. The Labute approximate surface area is 103 Å². The van der Waals surface area contributed by atoms with E-state index in [1.807, 2.05) is 0 Å². The van der Waals surface area contributed by atoms with Crippen LogP contribution in [0.4, 0.5) is 13.2 Å². The van der Waals surface area contributed by atoms with Gasteiger partial charge < -0.3 is 9.47 Å². The molecule has 0 amide bonds. The average Bonchev–Trinajstić information content (AvgIpc) is 2.28. The van der Waals surface area contributed by atoms with Crippen LogP contribution in [0, 0.1) is 0 Å². The molecule has 0 heterocycles. The number of halogens is 3. The molecule has 0 aliphatic rings. The maximum atomic E-state index is 12.4. The second-order valence-corrected chi connectivity index (χ2v) is 3.35. The molecule has 0 atom stereocenters. The summed E-state index contributed by atoms with van der Waals surface area (Å²) in [7, 11) is 0. The van der Waals surface area contributed by atoms with E-state index in [0.717, 1.165) is 6.07 Å². The van der Waals surface area contributed by atoms with E-state index in [2.05, 4.69) is 0 Å². The van der Waals surface area contributed by atoms with Crippen LogP contribution in [0.15, 0.2) is 18.2 Å². The molecule has 100 valence electrons. The van der Waals surface area contributed by atoms with E-state index in [0.29, 0.717) is 12.4 Å². The highest BCUT2D eigenvalue weighted by Crippen LogP contribution is 2.30. The molecule has 0 aliphatic carbocycles. The smallest absolute Gasteiger partial charge is 0.455 e. The minimum atomic E-state index is -4.92. The maximum Gasteiger partial charge on any atom is 0.455 e. The van der Waals surface area contributed by atoms with E-state index >= 15 is 0 Å². The van der Waals surface area contributed by atoms with Gasteiger partial charge in [0.25, 0.3) is 5.78 Å². The van der Waals surface area contributed by atoms with Crippen molar-refractivity contribution in [3.05, 3.63) is 23.8 Å². The molecule has 6 heteroatoms.